The van der Waals surface area contributed by atoms with Gasteiger partial charge >= 0.3 is 5.97 Å². The lowest BCUT2D eigenvalue weighted by atomic mass is 9.79. The van der Waals surface area contributed by atoms with Gasteiger partial charge in [0.1, 0.15) is 0 Å². The Morgan fingerprint density at radius 2 is 1.76 bits per heavy atom. The van der Waals surface area contributed by atoms with Gasteiger partial charge in [0.2, 0.25) is 5.91 Å². The highest BCUT2D eigenvalue weighted by molar-refractivity contribution is 5.89. The Labute approximate surface area is 203 Å². The Morgan fingerprint density at radius 3 is 2.41 bits per heavy atom. The number of nitrogens with one attached hydrogen (secondary N) is 1. The maximum atomic E-state index is 13.0. The van der Waals surface area contributed by atoms with E-state index in [4.69, 9.17) is 9.47 Å². The number of amides is 1. The fourth-order valence-corrected chi connectivity index (χ4v) is 5.75. The van der Waals surface area contributed by atoms with Crippen LogP contribution in [0.1, 0.15) is 49.4 Å². The van der Waals surface area contributed by atoms with Crippen LogP contribution in [0.2, 0.25) is 0 Å². The third-order valence-electron chi connectivity index (χ3n) is 7.85. The Kier molecular flexibility index (Phi) is 8.45. The highest BCUT2D eigenvalue weighted by Crippen LogP contribution is 2.34. The summed E-state index contributed by atoms with van der Waals surface area (Å²) < 4.78 is 10.4. The van der Waals surface area contributed by atoms with Gasteiger partial charge < -0.3 is 19.7 Å². The molecule has 1 unspecified atom stereocenters. The molecule has 3 fully saturated rings. The van der Waals surface area contributed by atoms with Crippen molar-refractivity contribution in [1.29, 1.82) is 0 Å². The number of benzene rings is 1. The molecule has 1 atom stereocenters. The van der Waals surface area contributed by atoms with Crippen molar-refractivity contribution in [3.63, 3.8) is 0 Å². The summed E-state index contributed by atoms with van der Waals surface area (Å²) in [7, 11) is 1.39. The molecule has 2 heterocycles. The number of carbonyl (C=O) groups excluding carboxylic acids is 2. The van der Waals surface area contributed by atoms with Crippen molar-refractivity contribution in [1.82, 2.24) is 15.1 Å². The first-order valence-corrected chi connectivity index (χ1v) is 12.8. The van der Waals surface area contributed by atoms with Crippen molar-refractivity contribution in [2.75, 3.05) is 71.0 Å². The first kappa shape index (κ1) is 24.9. The molecule has 0 spiro atoms. The number of piperazine rings is 1. The molecule has 1 N–H and O–H groups in total. The van der Waals surface area contributed by atoms with Crippen LogP contribution in [0.5, 0.6) is 0 Å². The van der Waals surface area contributed by atoms with Crippen molar-refractivity contribution >= 4 is 17.6 Å². The summed E-state index contributed by atoms with van der Waals surface area (Å²) in [6.45, 7) is 9.43. The second-order valence-corrected chi connectivity index (χ2v) is 9.97. The summed E-state index contributed by atoms with van der Waals surface area (Å²) in [4.78, 5) is 31.8. The molecule has 188 valence electrons. The minimum absolute atomic E-state index is 0.0956. The number of nitrogens with zero attached hydrogens (tertiary/aromatic N) is 3. The van der Waals surface area contributed by atoms with Gasteiger partial charge in [-0.25, -0.2) is 4.79 Å². The van der Waals surface area contributed by atoms with Gasteiger partial charge in [-0.05, 0) is 44.0 Å². The molecule has 1 aromatic rings. The van der Waals surface area contributed by atoms with Crippen LogP contribution in [-0.4, -0.2) is 99.4 Å². The van der Waals surface area contributed by atoms with Crippen LogP contribution < -0.4 is 10.2 Å². The van der Waals surface area contributed by atoms with E-state index in [0.717, 1.165) is 71.0 Å². The zero-order valence-electron chi connectivity index (χ0n) is 20.8. The highest BCUT2D eigenvalue weighted by Gasteiger charge is 2.39. The summed E-state index contributed by atoms with van der Waals surface area (Å²) in [5, 5.41) is 3.30. The number of ether oxygens (including phenoxy) is 2. The molecule has 3 aliphatic rings. The van der Waals surface area contributed by atoms with E-state index in [-0.39, 0.29) is 23.5 Å². The van der Waals surface area contributed by atoms with Crippen LogP contribution in [0.25, 0.3) is 0 Å². The Balaban J connectivity index is 1.28. The molecule has 0 bridgehead atoms. The van der Waals surface area contributed by atoms with Crippen LogP contribution >= 0.6 is 0 Å². The molecule has 1 amide bonds. The van der Waals surface area contributed by atoms with Crippen molar-refractivity contribution in [3.05, 3.63) is 29.8 Å². The summed E-state index contributed by atoms with van der Waals surface area (Å²) in [6.07, 6.45) is 6.11. The van der Waals surface area contributed by atoms with Crippen molar-refractivity contribution in [2.45, 2.75) is 50.6 Å². The Hall–Kier alpha value is -2.16. The number of hydrogen-bond donors (Lipinski definition) is 1. The second kappa shape index (κ2) is 11.5. The van der Waals surface area contributed by atoms with Gasteiger partial charge in [0.15, 0.2) is 0 Å². The van der Waals surface area contributed by atoms with Crippen molar-refractivity contribution in [3.8, 4) is 0 Å². The summed E-state index contributed by atoms with van der Waals surface area (Å²) >= 11 is 0. The van der Waals surface area contributed by atoms with E-state index in [1.54, 1.807) is 12.1 Å². The lowest BCUT2D eigenvalue weighted by molar-refractivity contribution is -0.124. The van der Waals surface area contributed by atoms with Gasteiger partial charge in [-0.15, -0.1) is 0 Å². The molecule has 1 aromatic carbocycles. The number of esters is 1. The summed E-state index contributed by atoms with van der Waals surface area (Å²) in [5.41, 5.74) is 1.74. The number of rotatable bonds is 7. The number of methoxy groups -OCH3 is 1. The van der Waals surface area contributed by atoms with Crippen LogP contribution in [0.3, 0.4) is 0 Å². The monoisotopic (exact) mass is 472 g/mol. The van der Waals surface area contributed by atoms with E-state index >= 15 is 0 Å². The van der Waals surface area contributed by atoms with E-state index in [0.29, 0.717) is 12.1 Å². The zero-order valence-corrected chi connectivity index (χ0v) is 20.8. The van der Waals surface area contributed by atoms with Gasteiger partial charge in [-0.2, -0.15) is 0 Å². The quantitative estimate of drug-likeness (QED) is 0.610. The molecule has 2 aliphatic heterocycles. The summed E-state index contributed by atoms with van der Waals surface area (Å²) in [5.74, 6) is -0.194. The number of hydrogen-bond acceptors (Lipinski definition) is 7. The van der Waals surface area contributed by atoms with Crippen molar-refractivity contribution in [2.24, 2.45) is 0 Å². The largest absolute Gasteiger partial charge is 0.465 e. The normalized spacial score (nSPS) is 23.9. The highest BCUT2D eigenvalue weighted by atomic mass is 16.5. The molecule has 0 aromatic heterocycles. The van der Waals surface area contributed by atoms with Crippen LogP contribution in [0, 0.1) is 0 Å². The molecule has 1 saturated carbocycles. The lowest BCUT2D eigenvalue weighted by Gasteiger charge is -2.48. The minimum atomic E-state index is -0.320. The van der Waals surface area contributed by atoms with Crippen LogP contribution in [0.15, 0.2) is 24.3 Å². The Bertz CT molecular complexity index is 819. The molecule has 4 rings (SSSR count). The molecule has 1 aliphatic carbocycles. The predicted octanol–water partition coefficient (Wildman–Crippen LogP) is 2.14. The van der Waals surface area contributed by atoms with Gasteiger partial charge in [-0.1, -0.05) is 19.3 Å². The molecule has 0 radical (unpaired) electrons. The van der Waals surface area contributed by atoms with E-state index in [1.165, 1.54) is 26.4 Å². The van der Waals surface area contributed by atoms with E-state index in [2.05, 4.69) is 26.9 Å². The number of anilines is 1. The third-order valence-corrected chi connectivity index (χ3v) is 7.85. The second-order valence-electron chi connectivity index (χ2n) is 9.97. The van der Waals surface area contributed by atoms with Gasteiger partial charge in [0.05, 0.1) is 32.4 Å². The third kappa shape index (κ3) is 5.90. The molecule has 34 heavy (non-hydrogen) atoms. The first-order valence-electron chi connectivity index (χ1n) is 12.8. The fraction of sp³-hybridized carbons (Fsp3) is 0.692. The average Bonchev–Trinajstić information content (AvgIpc) is 2.89. The standard InChI is InChI=1S/C26H40N4O4/c1-21-18-29(23-8-6-22(7-9-23)25(32)33-2)13-12-28(21)19-24(31)27-20-26(10-4-3-5-11-26)30-14-16-34-17-15-30/h6-9,21H,3-5,10-20H2,1-2H3,(H,27,31). The molecular formula is C26H40N4O4. The van der Waals surface area contributed by atoms with Crippen LogP contribution in [0.4, 0.5) is 5.69 Å². The van der Waals surface area contributed by atoms with Gasteiger partial charge in [-0.3, -0.25) is 14.6 Å². The van der Waals surface area contributed by atoms with E-state index in [9.17, 15) is 9.59 Å². The first-order chi connectivity index (χ1) is 16.5. The Morgan fingerprint density at radius 1 is 1.06 bits per heavy atom. The van der Waals surface area contributed by atoms with Crippen molar-refractivity contribution < 1.29 is 19.1 Å². The van der Waals surface area contributed by atoms with Crippen LogP contribution in [-0.2, 0) is 14.3 Å². The SMILES string of the molecule is COC(=O)c1ccc(N2CCN(CC(=O)NCC3(N4CCOCC4)CCCCC3)C(C)C2)cc1. The number of morpholine rings is 1. The van der Waals surface area contributed by atoms with E-state index in [1.807, 2.05) is 12.1 Å². The molecule has 8 nitrogen and oxygen atoms in total. The van der Waals surface area contributed by atoms with Gasteiger partial charge in [0.25, 0.3) is 0 Å². The average molecular weight is 473 g/mol. The zero-order chi connectivity index (χ0) is 24.0. The maximum absolute atomic E-state index is 13.0. The smallest absolute Gasteiger partial charge is 0.337 e. The predicted molar refractivity (Wildman–Crippen MR) is 132 cm³/mol. The maximum Gasteiger partial charge on any atom is 0.337 e. The van der Waals surface area contributed by atoms with E-state index < -0.39 is 0 Å². The molecular weight excluding hydrogens is 432 g/mol. The topological polar surface area (TPSA) is 74.4 Å². The fourth-order valence-electron chi connectivity index (χ4n) is 5.75. The summed E-state index contributed by atoms with van der Waals surface area (Å²) in [6, 6.07) is 7.82. The minimum Gasteiger partial charge on any atom is -0.465 e. The van der Waals surface area contributed by atoms with Gasteiger partial charge in [0, 0.05) is 56.5 Å². The molecule has 2 saturated heterocycles. The lowest BCUT2D eigenvalue weighted by Crippen LogP contribution is -2.60. The number of carbonyl (C=O) groups is 2. The molecule has 8 heteroatoms.